The number of anilines is 2. The van der Waals surface area contributed by atoms with Gasteiger partial charge in [-0.15, -0.1) is 0 Å². The minimum Gasteiger partial charge on any atom is -0.495 e. The summed E-state index contributed by atoms with van der Waals surface area (Å²) in [7, 11) is -2.03. The van der Waals surface area contributed by atoms with E-state index in [-0.39, 0.29) is 18.9 Å². The number of aryl methyl sites for hydroxylation is 1. The van der Waals surface area contributed by atoms with E-state index in [2.05, 4.69) is 5.32 Å². The van der Waals surface area contributed by atoms with Gasteiger partial charge in [0.15, 0.2) is 0 Å². The lowest BCUT2D eigenvalue weighted by Gasteiger charge is -2.24. The Morgan fingerprint density at radius 3 is 2.54 bits per heavy atom. The fourth-order valence-corrected chi connectivity index (χ4v) is 3.66. The van der Waals surface area contributed by atoms with Crippen molar-refractivity contribution in [1.29, 1.82) is 0 Å². The van der Waals surface area contributed by atoms with Gasteiger partial charge in [-0.3, -0.25) is 9.10 Å². The third kappa shape index (κ3) is 5.12. The Bertz CT molecular complexity index is 900. The van der Waals surface area contributed by atoms with Crippen LogP contribution in [0.5, 0.6) is 5.75 Å². The molecule has 0 radical (unpaired) electrons. The minimum absolute atomic E-state index is 0.0168. The number of rotatable bonds is 7. The van der Waals surface area contributed by atoms with Gasteiger partial charge in [0.2, 0.25) is 15.9 Å². The van der Waals surface area contributed by atoms with Gasteiger partial charge < -0.3 is 10.1 Å². The standard InChI is InChI=1S/C18H21ClN2O4S/c1-13-6-4-5-7-16(13)21(26(3,23)24)11-10-18(22)20-15-12-14(19)8-9-17(15)25-2/h4-9,12H,10-11H2,1-3H3,(H,20,22). The molecule has 0 fully saturated rings. The molecule has 2 rings (SSSR count). The van der Waals surface area contributed by atoms with Crippen LogP contribution in [-0.2, 0) is 14.8 Å². The number of nitrogens with one attached hydrogen (secondary N) is 1. The van der Waals surface area contributed by atoms with Gasteiger partial charge in [0, 0.05) is 18.0 Å². The second-order valence-corrected chi connectivity index (χ2v) is 8.11. The van der Waals surface area contributed by atoms with Crippen LogP contribution in [0.1, 0.15) is 12.0 Å². The van der Waals surface area contributed by atoms with E-state index in [4.69, 9.17) is 16.3 Å². The van der Waals surface area contributed by atoms with Gasteiger partial charge in [-0.1, -0.05) is 29.8 Å². The summed E-state index contributed by atoms with van der Waals surface area (Å²) in [5.74, 6) is 0.134. The monoisotopic (exact) mass is 396 g/mol. The summed E-state index contributed by atoms with van der Waals surface area (Å²) in [6.45, 7) is 1.85. The molecule has 0 aliphatic rings. The zero-order valence-electron chi connectivity index (χ0n) is 14.8. The minimum atomic E-state index is -3.52. The topological polar surface area (TPSA) is 75.7 Å². The normalized spacial score (nSPS) is 11.1. The summed E-state index contributed by atoms with van der Waals surface area (Å²) < 4.78 is 30.7. The van der Waals surface area contributed by atoms with Crippen LogP contribution in [0.15, 0.2) is 42.5 Å². The average Bonchev–Trinajstić information content (AvgIpc) is 2.55. The quantitative estimate of drug-likeness (QED) is 0.777. The van der Waals surface area contributed by atoms with Crippen molar-refractivity contribution in [3.05, 3.63) is 53.1 Å². The number of halogens is 1. The Morgan fingerprint density at radius 1 is 1.23 bits per heavy atom. The average molecular weight is 397 g/mol. The predicted molar refractivity (Wildman–Crippen MR) is 105 cm³/mol. The molecule has 0 saturated heterocycles. The first-order valence-corrected chi connectivity index (χ1v) is 10.1. The molecule has 2 aromatic rings. The van der Waals surface area contributed by atoms with E-state index in [9.17, 15) is 13.2 Å². The number of ether oxygens (including phenoxy) is 1. The number of carbonyl (C=O) groups excluding carboxylic acids is 1. The molecule has 0 unspecified atom stereocenters. The third-order valence-corrected chi connectivity index (χ3v) is 5.18. The molecule has 0 saturated carbocycles. The third-order valence-electron chi connectivity index (χ3n) is 3.76. The molecular formula is C18H21ClN2O4S. The number of hydrogen-bond acceptors (Lipinski definition) is 4. The Kier molecular flexibility index (Phi) is 6.50. The smallest absolute Gasteiger partial charge is 0.232 e. The van der Waals surface area contributed by atoms with Crippen LogP contribution in [0.3, 0.4) is 0 Å². The maximum absolute atomic E-state index is 12.3. The second-order valence-electron chi connectivity index (χ2n) is 5.76. The summed E-state index contributed by atoms with van der Waals surface area (Å²) in [5.41, 5.74) is 1.81. The molecular weight excluding hydrogens is 376 g/mol. The predicted octanol–water partition coefficient (Wildman–Crippen LogP) is 3.45. The number of benzene rings is 2. The Morgan fingerprint density at radius 2 is 1.92 bits per heavy atom. The van der Waals surface area contributed by atoms with Crippen molar-refractivity contribution >= 4 is 38.9 Å². The van der Waals surface area contributed by atoms with Crippen LogP contribution in [0.4, 0.5) is 11.4 Å². The van der Waals surface area contributed by atoms with Gasteiger partial charge in [0.1, 0.15) is 5.75 Å². The molecule has 0 atom stereocenters. The van der Waals surface area contributed by atoms with E-state index in [0.29, 0.717) is 22.1 Å². The van der Waals surface area contributed by atoms with Gasteiger partial charge in [-0.2, -0.15) is 0 Å². The molecule has 26 heavy (non-hydrogen) atoms. The van der Waals surface area contributed by atoms with Gasteiger partial charge in [0.05, 0.1) is 24.7 Å². The maximum atomic E-state index is 12.3. The van der Waals surface area contributed by atoms with Gasteiger partial charge in [-0.05, 0) is 36.8 Å². The fraction of sp³-hybridized carbons (Fsp3) is 0.278. The highest BCUT2D eigenvalue weighted by molar-refractivity contribution is 7.92. The summed E-state index contributed by atoms with van der Waals surface area (Å²) >= 11 is 5.95. The number of amides is 1. The lowest BCUT2D eigenvalue weighted by Crippen LogP contribution is -2.33. The molecule has 1 N–H and O–H groups in total. The van der Waals surface area contributed by atoms with E-state index in [1.165, 1.54) is 11.4 Å². The van der Waals surface area contributed by atoms with Crippen LogP contribution in [0.2, 0.25) is 5.02 Å². The maximum Gasteiger partial charge on any atom is 0.232 e. The van der Waals surface area contributed by atoms with Crippen molar-refractivity contribution in [2.24, 2.45) is 0 Å². The largest absolute Gasteiger partial charge is 0.495 e. The molecule has 0 aromatic heterocycles. The van der Waals surface area contributed by atoms with Crippen LogP contribution < -0.4 is 14.4 Å². The SMILES string of the molecule is COc1ccc(Cl)cc1NC(=O)CCN(c1ccccc1C)S(C)(=O)=O. The van der Waals surface area contributed by atoms with Crippen LogP contribution >= 0.6 is 11.6 Å². The first-order chi connectivity index (χ1) is 12.2. The fourth-order valence-electron chi connectivity index (χ4n) is 2.50. The molecule has 2 aromatic carbocycles. The molecule has 8 heteroatoms. The Labute approximate surface area is 158 Å². The van der Waals surface area contributed by atoms with E-state index in [0.717, 1.165) is 11.8 Å². The van der Waals surface area contributed by atoms with E-state index in [1.807, 2.05) is 19.1 Å². The molecule has 0 spiro atoms. The van der Waals surface area contributed by atoms with Crippen molar-refractivity contribution in [2.45, 2.75) is 13.3 Å². The summed E-state index contributed by atoms with van der Waals surface area (Å²) in [4.78, 5) is 12.3. The van der Waals surface area contributed by atoms with E-state index in [1.54, 1.807) is 30.3 Å². The number of sulfonamides is 1. The van der Waals surface area contributed by atoms with Crippen molar-refractivity contribution < 1.29 is 17.9 Å². The number of hydrogen-bond donors (Lipinski definition) is 1. The number of para-hydroxylation sites is 1. The van der Waals surface area contributed by atoms with Gasteiger partial charge in [-0.25, -0.2) is 8.42 Å². The number of carbonyl (C=O) groups is 1. The molecule has 0 heterocycles. The highest BCUT2D eigenvalue weighted by atomic mass is 35.5. The van der Waals surface area contributed by atoms with Crippen molar-refractivity contribution in [1.82, 2.24) is 0 Å². The summed E-state index contributed by atoms with van der Waals surface area (Å²) in [5, 5.41) is 3.16. The number of nitrogens with zero attached hydrogens (tertiary/aromatic N) is 1. The molecule has 6 nitrogen and oxygen atoms in total. The van der Waals surface area contributed by atoms with E-state index >= 15 is 0 Å². The first-order valence-electron chi connectivity index (χ1n) is 7.89. The van der Waals surface area contributed by atoms with E-state index < -0.39 is 10.0 Å². The molecule has 1 amide bonds. The van der Waals surface area contributed by atoms with Gasteiger partial charge >= 0.3 is 0 Å². The first kappa shape index (κ1) is 20.1. The zero-order chi connectivity index (χ0) is 19.3. The Hall–Kier alpha value is -2.25. The lowest BCUT2D eigenvalue weighted by molar-refractivity contribution is -0.116. The van der Waals surface area contributed by atoms with Crippen LogP contribution in [0, 0.1) is 6.92 Å². The molecule has 0 aliphatic heterocycles. The number of methoxy groups -OCH3 is 1. The molecule has 0 bridgehead atoms. The van der Waals surface area contributed by atoms with Crippen molar-refractivity contribution in [2.75, 3.05) is 29.5 Å². The van der Waals surface area contributed by atoms with Crippen LogP contribution in [0.25, 0.3) is 0 Å². The molecule has 0 aliphatic carbocycles. The Balaban J connectivity index is 2.13. The molecule has 140 valence electrons. The highest BCUT2D eigenvalue weighted by Gasteiger charge is 2.20. The zero-order valence-corrected chi connectivity index (χ0v) is 16.4. The van der Waals surface area contributed by atoms with Gasteiger partial charge in [0.25, 0.3) is 0 Å². The summed E-state index contributed by atoms with van der Waals surface area (Å²) in [6, 6.07) is 12.0. The summed E-state index contributed by atoms with van der Waals surface area (Å²) in [6.07, 6.45) is 1.11. The van der Waals surface area contributed by atoms with Crippen molar-refractivity contribution in [3.63, 3.8) is 0 Å². The second kappa shape index (κ2) is 8.42. The lowest BCUT2D eigenvalue weighted by atomic mass is 10.2. The highest BCUT2D eigenvalue weighted by Crippen LogP contribution is 2.28. The van der Waals surface area contributed by atoms with Crippen LogP contribution in [-0.4, -0.2) is 34.2 Å². The van der Waals surface area contributed by atoms with Crippen molar-refractivity contribution in [3.8, 4) is 5.75 Å².